The van der Waals surface area contributed by atoms with E-state index in [0.717, 1.165) is 0 Å². The minimum absolute atomic E-state index is 0.233. The van der Waals surface area contributed by atoms with Crippen LogP contribution in [0.1, 0.15) is 19.7 Å². The average Bonchev–Trinajstić information content (AvgIpc) is 2.59. The quantitative estimate of drug-likeness (QED) is 0.316. The van der Waals surface area contributed by atoms with Gasteiger partial charge in [-0.15, -0.1) is 0 Å². The van der Waals surface area contributed by atoms with Gasteiger partial charge in [0.05, 0.1) is 5.71 Å². The van der Waals surface area contributed by atoms with Crippen LogP contribution in [0.3, 0.4) is 0 Å². The summed E-state index contributed by atoms with van der Waals surface area (Å²) in [6, 6.07) is 1.62. The van der Waals surface area contributed by atoms with Gasteiger partial charge in [-0.1, -0.05) is 0 Å². The number of alkyl halides is 3. The number of nitrogens with one attached hydrogen (secondary N) is 4. The third-order valence-corrected chi connectivity index (χ3v) is 2.97. The molecule has 0 radical (unpaired) electrons. The standard InChI is InChI=1S/C13H17F3N8S2/c1-3-17-11(25)24-22-9(10-18-5-4-6-19-10)8(2)21-23-12(26)20-7-13(14,15)16/h4-6H,3,7H2,1-2H3,(H2,17,24,25)(H2,20,23,26). The van der Waals surface area contributed by atoms with Crippen molar-refractivity contribution in [1.29, 1.82) is 0 Å². The van der Waals surface area contributed by atoms with Gasteiger partial charge >= 0.3 is 6.18 Å². The van der Waals surface area contributed by atoms with Gasteiger partial charge < -0.3 is 10.6 Å². The lowest BCUT2D eigenvalue weighted by Gasteiger charge is -2.11. The van der Waals surface area contributed by atoms with Gasteiger partial charge in [-0.2, -0.15) is 23.4 Å². The van der Waals surface area contributed by atoms with Crippen LogP contribution >= 0.6 is 24.4 Å². The number of hydrogen-bond donors (Lipinski definition) is 4. The van der Waals surface area contributed by atoms with Crippen molar-refractivity contribution in [2.45, 2.75) is 20.0 Å². The number of hydrazone groups is 2. The Kier molecular flexibility index (Phi) is 8.78. The van der Waals surface area contributed by atoms with Crippen molar-refractivity contribution in [3.8, 4) is 0 Å². The zero-order valence-corrected chi connectivity index (χ0v) is 15.5. The molecule has 0 unspecified atom stereocenters. The molecule has 0 saturated heterocycles. The monoisotopic (exact) mass is 406 g/mol. The van der Waals surface area contributed by atoms with Gasteiger partial charge in [-0.25, -0.2) is 9.97 Å². The van der Waals surface area contributed by atoms with Gasteiger partial charge in [-0.3, -0.25) is 10.9 Å². The minimum atomic E-state index is -4.39. The predicted octanol–water partition coefficient (Wildman–Crippen LogP) is 1.07. The Balaban J connectivity index is 2.87. The lowest BCUT2D eigenvalue weighted by atomic mass is 10.2. The molecule has 4 N–H and O–H groups in total. The number of rotatable bonds is 6. The van der Waals surface area contributed by atoms with Crippen molar-refractivity contribution in [3.63, 3.8) is 0 Å². The first-order valence-corrected chi connectivity index (χ1v) is 8.08. The summed E-state index contributed by atoms with van der Waals surface area (Å²) in [6.07, 6.45) is -1.37. The van der Waals surface area contributed by atoms with Gasteiger partial charge in [0.1, 0.15) is 6.54 Å². The molecular formula is C13H17F3N8S2. The molecule has 0 bridgehead atoms. The lowest BCUT2D eigenvalue weighted by Crippen LogP contribution is -2.39. The summed E-state index contributed by atoms with van der Waals surface area (Å²) in [5, 5.41) is 12.8. The second-order valence-electron chi connectivity index (χ2n) is 4.61. The fourth-order valence-electron chi connectivity index (χ4n) is 1.43. The van der Waals surface area contributed by atoms with E-state index >= 15 is 0 Å². The van der Waals surface area contributed by atoms with Crippen LogP contribution in [0.5, 0.6) is 0 Å². The van der Waals surface area contributed by atoms with Crippen LogP contribution in [0.2, 0.25) is 0 Å². The Bertz CT molecular complexity index is 676. The van der Waals surface area contributed by atoms with E-state index in [9.17, 15) is 13.2 Å². The molecule has 0 aliphatic rings. The smallest absolute Gasteiger partial charge is 0.362 e. The molecular weight excluding hydrogens is 389 g/mol. The second-order valence-corrected chi connectivity index (χ2v) is 5.43. The first-order valence-electron chi connectivity index (χ1n) is 7.27. The summed E-state index contributed by atoms with van der Waals surface area (Å²) < 4.78 is 36.5. The van der Waals surface area contributed by atoms with Crippen molar-refractivity contribution >= 4 is 46.1 Å². The molecule has 142 valence electrons. The van der Waals surface area contributed by atoms with E-state index in [1.165, 1.54) is 12.4 Å². The molecule has 0 aliphatic heterocycles. The van der Waals surface area contributed by atoms with Crippen LogP contribution in [0.4, 0.5) is 13.2 Å². The Labute approximate surface area is 158 Å². The van der Waals surface area contributed by atoms with Crippen molar-refractivity contribution in [1.82, 2.24) is 31.5 Å². The maximum Gasteiger partial charge on any atom is 0.405 e. The minimum Gasteiger partial charge on any atom is -0.362 e. The van der Waals surface area contributed by atoms with E-state index in [4.69, 9.17) is 24.4 Å². The zero-order valence-electron chi connectivity index (χ0n) is 13.9. The van der Waals surface area contributed by atoms with Crippen LogP contribution < -0.4 is 21.5 Å². The van der Waals surface area contributed by atoms with Crippen molar-refractivity contribution in [2.24, 2.45) is 10.2 Å². The molecule has 0 atom stereocenters. The highest BCUT2D eigenvalue weighted by molar-refractivity contribution is 7.80. The van der Waals surface area contributed by atoms with Crippen molar-refractivity contribution in [2.75, 3.05) is 13.1 Å². The normalized spacial score (nSPS) is 12.3. The third-order valence-electron chi connectivity index (χ3n) is 2.50. The van der Waals surface area contributed by atoms with Crippen LogP contribution in [-0.2, 0) is 0 Å². The fraction of sp³-hybridized carbons (Fsp3) is 0.385. The molecule has 0 fully saturated rings. The maximum atomic E-state index is 12.2. The summed E-state index contributed by atoms with van der Waals surface area (Å²) in [4.78, 5) is 8.14. The summed E-state index contributed by atoms with van der Waals surface area (Å²) >= 11 is 9.76. The number of thiocarbonyl (C=S) groups is 2. The first-order chi connectivity index (χ1) is 12.2. The summed E-state index contributed by atoms with van der Waals surface area (Å²) in [7, 11) is 0. The molecule has 26 heavy (non-hydrogen) atoms. The Morgan fingerprint density at radius 3 is 2.23 bits per heavy atom. The number of halogens is 3. The average molecular weight is 406 g/mol. The number of nitrogens with zero attached hydrogens (tertiary/aromatic N) is 4. The molecule has 0 amide bonds. The lowest BCUT2D eigenvalue weighted by molar-refractivity contribution is -0.122. The second kappa shape index (κ2) is 10.6. The molecule has 0 aromatic carbocycles. The van der Waals surface area contributed by atoms with E-state index in [2.05, 4.69) is 36.3 Å². The molecule has 1 aromatic heterocycles. The fourth-order valence-corrected chi connectivity index (χ4v) is 1.74. The molecule has 1 heterocycles. The Hall–Kier alpha value is -2.41. The number of aromatic nitrogens is 2. The number of hydrogen-bond acceptors (Lipinski definition) is 6. The molecule has 0 spiro atoms. The summed E-state index contributed by atoms with van der Waals surface area (Å²) in [5.74, 6) is 0.247. The Morgan fingerprint density at radius 1 is 1.08 bits per heavy atom. The van der Waals surface area contributed by atoms with Gasteiger partial charge in [0.25, 0.3) is 0 Å². The van der Waals surface area contributed by atoms with Crippen molar-refractivity contribution in [3.05, 3.63) is 24.3 Å². The topological polar surface area (TPSA) is 98.6 Å². The molecule has 1 rings (SSSR count). The van der Waals surface area contributed by atoms with Gasteiger partial charge in [0.15, 0.2) is 21.8 Å². The molecule has 13 heteroatoms. The molecule has 1 aromatic rings. The molecule has 8 nitrogen and oxygen atoms in total. The van der Waals surface area contributed by atoms with Crippen LogP contribution in [-0.4, -0.2) is 50.9 Å². The van der Waals surface area contributed by atoms with E-state index in [1.807, 2.05) is 12.2 Å². The highest BCUT2D eigenvalue weighted by Gasteiger charge is 2.27. The Morgan fingerprint density at radius 2 is 1.65 bits per heavy atom. The summed E-state index contributed by atoms with van der Waals surface area (Å²) in [5.41, 5.74) is 5.44. The van der Waals surface area contributed by atoms with E-state index in [-0.39, 0.29) is 27.5 Å². The van der Waals surface area contributed by atoms with Gasteiger partial charge in [0, 0.05) is 18.9 Å². The highest BCUT2D eigenvalue weighted by Crippen LogP contribution is 2.11. The highest BCUT2D eigenvalue weighted by atomic mass is 32.1. The molecule has 0 aliphatic carbocycles. The maximum absolute atomic E-state index is 12.2. The largest absolute Gasteiger partial charge is 0.405 e. The van der Waals surface area contributed by atoms with E-state index in [0.29, 0.717) is 6.54 Å². The zero-order chi connectivity index (χ0) is 19.6. The first kappa shape index (κ1) is 21.6. The van der Waals surface area contributed by atoms with E-state index in [1.54, 1.807) is 13.0 Å². The van der Waals surface area contributed by atoms with Crippen LogP contribution in [0.15, 0.2) is 28.7 Å². The summed E-state index contributed by atoms with van der Waals surface area (Å²) in [6.45, 7) is 2.76. The van der Waals surface area contributed by atoms with Gasteiger partial charge in [-0.05, 0) is 44.3 Å². The SMILES string of the molecule is CCNC(=S)NN=C(C(C)=NNC(=S)NCC(F)(F)F)c1ncccn1. The van der Waals surface area contributed by atoms with Gasteiger partial charge in [0.2, 0.25) is 0 Å². The van der Waals surface area contributed by atoms with Crippen LogP contribution in [0.25, 0.3) is 0 Å². The van der Waals surface area contributed by atoms with Crippen LogP contribution in [0, 0.1) is 0 Å². The third kappa shape index (κ3) is 8.62. The van der Waals surface area contributed by atoms with Crippen molar-refractivity contribution < 1.29 is 13.2 Å². The molecule has 0 saturated carbocycles. The van der Waals surface area contributed by atoms with E-state index < -0.39 is 12.7 Å². The predicted molar refractivity (Wildman–Crippen MR) is 101 cm³/mol.